The van der Waals surface area contributed by atoms with Crippen LogP contribution in [0.2, 0.25) is 0 Å². The summed E-state index contributed by atoms with van der Waals surface area (Å²) in [5, 5.41) is 21.6. The van der Waals surface area contributed by atoms with Crippen LogP contribution in [0.4, 0.5) is 5.69 Å². The number of aliphatic hydroxyl groups is 1. The van der Waals surface area contributed by atoms with Crippen LogP contribution in [-0.2, 0) is 0 Å². The van der Waals surface area contributed by atoms with Gasteiger partial charge < -0.3 is 10.4 Å². The molecule has 0 bridgehead atoms. The van der Waals surface area contributed by atoms with Crippen molar-refractivity contribution in [2.75, 3.05) is 11.9 Å². The van der Waals surface area contributed by atoms with Gasteiger partial charge in [-0.15, -0.1) is 0 Å². The molecule has 0 spiro atoms. The lowest BCUT2D eigenvalue weighted by atomic mass is 10.1. The largest absolute Gasteiger partial charge is 0.391 e. The number of rotatable bonds is 4. The van der Waals surface area contributed by atoms with Crippen LogP contribution in [0, 0.1) is 24.2 Å². The summed E-state index contributed by atoms with van der Waals surface area (Å²) in [6.45, 7) is 6.40. The SMILES string of the molecule is Cc1cc(NCC(O)C(C)C)ccc1C#N. The number of nitrogens with one attached hydrogen (secondary N) is 1. The van der Waals surface area contributed by atoms with Crippen LogP contribution in [0.1, 0.15) is 25.0 Å². The van der Waals surface area contributed by atoms with Crippen molar-refractivity contribution in [3.63, 3.8) is 0 Å². The monoisotopic (exact) mass is 218 g/mol. The molecule has 3 nitrogen and oxygen atoms in total. The number of nitrogens with zero attached hydrogens (tertiary/aromatic N) is 1. The molecule has 0 aromatic heterocycles. The van der Waals surface area contributed by atoms with Crippen LogP contribution in [0.5, 0.6) is 0 Å². The predicted molar refractivity (Wildman–Crippen MR) is 65.2 cm³/mol. The van der Waals surface area contributed by atoms with Gasteiger partial charge in [0.15, 0.2) is 0 Å². The second-order valence-electron chi connectivity index (χ2n) is 4.33. The Balaban J connectivity index is 2.63. The molecule has 0 saturated heterocycles. The standard InChI is InChI=1S/C13H18N2O/c1-9(2)13(16)8-15-12-5-4-11(7-14)10(3)6-12/h4-6,9,13,15-16H,8H2,1-3H3. The minimum Gasteiger partial charge on any atom is -0.391 e. The molecule has 16 heavy (non-hydrogen) atoms. The smallest absolute Gasteiger partial charge is 0.0994 e. The summed E-state index contributed by atoms with van der Waals surface area (Å²) < 4.78 is 0. The molecule has 1 unspecified atom stereocenters. The van der Waals surface area contributed by atoms with Crippen LogP contribution in [-0.4, -0.2) is 17.8 Å². The zero-order chi connectivity index (χ0) is 12.1. The van der Waals surface area contributed by atoms with Crippen LogP contribution >= 0.6 is 0 Å². The fraction of sp³-hybridized carbons (Fsp3) is 0.462. The normalized spacial score (nSPS) is 12.2. The number of aryl methyl sites for hydroxylation is 1. The van der Waals surface area contributed by atoms with E-state index < -0.39 is 0 Å². The molecule has 0 aliphatic heterocycles. The maximum absolute atomic E-state index is 9.64. The van der Waals surface area contributed by atoms with Crippen molar-refractivity contribution in [3.8, 4) is 6.07 Å². The average Bonchev–Trinajstić information content (AvgIpc) is 2.25. The Morgan fingerprint density at radius 2 is 2.12 bits per heavy atom. The van der Waals surface area contributed by atoms with E-state index in [-0.39, 0.29) is 12.0 Å². The second-order valence-corrected chi connectivity index (χ2v) is 4.33. The van der Waals surface area contributed by atoms with Gasteiger partial charge >= 0.3 is 0 Å². The summed E-state index contributed by atoms with van der Waals surface area (Å²) in [4.78, 5) is 0. The van der Waals surface area contributed by atoms with Gasteiger partial charge in [0.1, 0.15) is 0 Å². The van der Waals surface area contributed by atoms with E-state index in [0.717, 1.165) is 11.3 Å². The molecule has 0 heterocycles. The highest BCUT2D eigenvalue weighted by Gasteiger charge is 2.08. The maximum atomic E-state index is 9.64. The number of aliphatic hydroxyl groups excluding tert-OH is 1. The van der Waals surface area contributed by atoms with E-state index in [9.17, 15) is 5.11 Å². The Labute approximate surface area is 96.7 Å². The average molecular weight is 218 g/mol. The minimum absolute atomic E-state index is 0.243. The third-order valence-corrected chi connectivity index (χ3v) is 2.63. The predicted octanol–water partition coefficient (Wildman–Crippen LogP) is 2.30. The fourth-order valence-corrected chi connectivity index (χ4v) is 1.36. The molecule has 0 saturated carbocycles. The number of hydrogen-bond acceptors (Lipinski definition) is 3. The summed E-state index contributed by atoms with van der Waals surface area (Å²) in [6.07, 6.45) is -0.351. The van der Waals surface area contributed by atoms with Gasteiger partial charge in [0.05, 0.1) is 17.7 Å². The Kier molecular flexibility index (Phi) is 4.33. The van der Waals surface area contributed by atoms with Crippen molar-refractivity contribution >= 4 is 5.69 Å². The van der Waals surface area contributed by atoms with Gasteiger partial charge in [-0.1, -0.05) is 13.8 Å². The summed E-state index contributed by atoms with van der Waals surface area (Å²) in [5.41, 5.74) is 2.58. The molecule has 0 aliphatic carbocycles. The first-order chi connectivity index (χ1) is 7.54. The van der Waals surface area contributed by atoms with Crippen LogP contribution < -0.4 is 5.32 Å². The van der Waals surface area contributed by atoms with Crippen molar-refractivity contribution in [2.24, 2.45) is 5.92 Å². The van der Waals surface area contributed by atoms with E-state index in [1.165, 1.54) is 0 Å². The van der Waals surface area contributed by atoms with Gasteiger partial charge in [-0.05, 0) is 36.6 Å². The van der Waals surface area contributed by atoms with Crippen molar-refractivity contribution in [2.45, 2.75) is 26.9 Å². The van der Waals surface area contributed by atoms with E-state index >= 15 is 0 Å². The Hall–Kier alpha value is -1.53. The van der Waals surface area contributed by atoms with Crippen molar-refractivity contribution < 1.29 is 5.11 Å². The Morgan fingerprint density at radius 3 is 2.62 bits per heavy atom. The summed E-state index contributed by atoms with van der Waals surface area (Å²) >= 11 is 0. The molecular formula is C13H18N2O. The highest BCUT2D eigenvalue weighted by atomic mass is 16.3. The second kappa shape index (κ2) is 5.53. The van der Waals surface area contributed by atoms with E-state index in [4.69, 9.17) is 5.26 Å². The fourth-order valence-electron chi connectivity index (χ4n) is 1.36. The highest BCUT2D eigenvalue weighted by molar-refractivity contribution is 5.51. The zero-order valence-electron chi connectivity index (χ0n) is 9.99. The molecule has 0 amide bonds. The minimum atomic E-state index is -0.351. The first kappa shape index (κ1) is 12.5. The molecule has 1 rings (SSSR count). The molecule has 0 fully saturated rings. The summed E-state index contributed by atoms with van der Waals surface area (Å²) in [7, 11) is 0. The topological polar surface area (TPSA) is 56.0 Å². The number of nitriles is 1. The first-order valence-corrected chi connectivity index (χ1v) is 5.47. The number of anilines is 1. The molecule has 3 heteroatoms. The summed E-state index contributed by atoms with van der Waals surface area (Å²) in [5.74, 6) is 0.243. The molecule has 1 aromatic carbocycles. The van der Waals surface area contributed by atoms with Gasteiger partial charge in [0.25, 0.3) is 0 Å². The maximum Gasteiger partial charge on any atom is 0.0994 e. The van der Waals surface area contributed by atoms with E-state index in [1.54, 1.807) is 6.07 Å². The molecule has 1 aromatic rings. The summed E-state index contributed by atoms with van der Waals surface area (Å²) in [6, 6.07) is 7.70. The van der Waals surface area contributed by atoms with E-state index in [2.05, 4.69) is 11.4 Å². The number of hydrogen-bond donors (Lipinski definition) is 2. The van der Waals surface area contributed by atoms with E-state index in [1.807, 2.05) is 32.9 Å². The Bertz CT molecular complexity index is 393. The molecule has 0 radical (unpaired) electrons. The van der Waals surface area contributed by atoms with Crippen molar-refractivity contribution in [1.29, 1.82) is 5.26 Å². The van der Waals surface area contributed by atoms with Crippen LogP contribution in [0.25, 0.3) is 0 Å². The Morgan fingerprint density at radius 1 is 1.44 bits per heavy atom. The van der Waals surface area contributed by atoms with Gasteiger partial charge in [-0.25, -0.2) is 0 Å². The van der Waals surface area contributed by atoms with Crippen molar-refractivity contribution in [1.82, 2.24) is 0 Å². The van der Waals surface area contributed by atoms with Crippen LogP contribution in [0.15, 0.2) is 18.2 Å². The molecule has 86 valence electrons. The van der Waals surface area contributed by atoms with Gasteiger partial charge in [0.2, 0.25) is 0 Å². The third kappa shape index (κ3) is 3.25. The lowest BCUT2D eigenvalue weighted by Crippen LogP contribution is -2.24. The van der Waals surface area contributed by atoms with E-state index in [0.29, 0.717) is 12.1 Å². The lowest BCUT2D eigenvalue weighted by Gasteiger charge is -2.16. The van der Waals surface area contributed by atoms with Gasteiger partial charge in [-0.3, -0.25) is 0 Å². The molecule has 0 aliphatic rings. The van der Waals surface area contributed by atoms with Crippen LogP contribution in [0.3, 0.4) is 0 Å². The quantitative estimate of drug-likeness (QED) is 0.815. The zero-order valence-corrected chi connectivity index (χ0v) is 9.99. The molecular weight excluding hydrogens is 200 g/mol. The highest BCUT2D eigenvalue weighted by Crippen LogP contribution is 2.14. The molecule has 1 atom stereocenters. The third-order valence-electron chi connectivity index (χ3n) is 2.63. The van der Waals surface area contributed by atoms with Gasteiger partial charge in [0, 0.05) is 12.2 Å². The lowest BCUT2D eigenvalue weighted by molar-refractivity contribution is 0.138. The number of benzene rings is 1. The first-order valence-electron chi connectivity index (χ1n) is 5.47. The van der Waals surface area contributed by atoms with Crippen molar-refractivity contribution in [3.05, 3.63) is 29.3 Å². The van der Waals surface area contributed by atoms with Gasteiger partial charge in [-0.2, -0.15) is 5.26 Å². The molecule has 2 N–H and O–H groups in total.